The van der Waals surface area contributed by atoms with Crippen molar-refractivity contribution in [1.82, 2.24) is 15.1 Å². The fourth-order valence-corrected chi connectivity index (χ4v) is 2.71. The predicted molar refractivity (Wildman–Crippen MR) is 74.7 cm³/mol. The van der Waals surface area contributed by atoms with Crippen LogP contribution in [0, 0.1) is 0 Å². The Morgan fingerprint density at radius 1 is 1.39 bits per heavy atom. The summed E-state index contributed by atoms with van der Waals surface area (Å²) in [6.07, 6.45) is 0.867. The molecule has 0 aromatic carbocycles. The minimum atomic E-state index is -0.134. The van der Waals surface area contributed by atoms with Crippen LogP contribution in [0.5, 0.6) is 0 Å². The fourth-order valence-electron chi connectivity index (χ4n) is 1.79. The van der Waals surface area contributed by atoms with Gasteiger partial charge in [0.1, 0.15) is 0 Å². The van der Waals surface area contributed by atoms with Gasteiger partial charge in [-0.1, -0.05) is 6.92 Å². The topological polar surface area (TPSA) is 52.7 Å². The summed E-state index contributed by atoms with van der Waals surface area (Å²) in [7, 11) is 3.43. The molecule has 1 fully saturated rings. The van der Waals surface area contributed by atoms with Crippen molar-refractivity contribution in [1.29, 1.82) is 0 Å². The lowest BCUT2D eigenvalue weighted by molar-refractivity contribution is -0.140. The average Bonchev–Trinajstić information content (AvgIpc) is 2.38. The van der Waals surface area contributed by atoms with Crippen molar-refractivity contribution in [3.63, 3.8) is 0 Å². The smallest absolute Gasteiger partial charge is 0.241 e. The van der Waals surface area contributed by atoms with Crippen LogP contribution in [0.1, 0.15) is 13.3 Å². The van der Waals surface area contributed by atoms with E-state index in [0.29, 0.717) is 6.54 Å². The molecule has 0 aromatic rings. The Bertz CT molecular complexity index is 291. The Morgan fingerprint density at radius 3 is 2.61 bits per heavy atom. The SMILES string of the molecule is CCCN(CC(=O)N(C)C)C(=O)C1CSCCN1. The van der Waals surface area contributed by atoms with Gasteiger partial charge in [0.15, 0.2) is 0 Å². The number of thioether (sulfide) groups is 1. The molecular formula is C12H23N3O2S. The summed E-state index contributed by atoms with van der Waals surface area (Å²) in [5, 5.41) is 3.22. The number of carbonyl (C=O) groups excluding carboxylic acids is 2. The lowest BCUT2D eigenvalue weighted by Gasteiger charge is -2.30. The second-order valence-corrected chi connectivity index (χ2v) is 5.78. The van der Waals surface area contributed by atoms with E-state index in [1.807, 2.05) is 6.92 Å². The summed E-state index contributed by atoms with van der Waals surface area (Å²) in [6.45, 7) is 3.70. The minimum absolute atomic E-state index is 0.0275. The van der Waals surface area contributed by atoms with Gasteiger partial charge in [-0.2, -0.15) is 11.8 Å². The van der Waals surface area contributed by atoms with Crippen molar-refractivity contribution in [2.75, 3.05) is 45.2 Å². The third-order valence-corrected chi connectivity index (χ3v) is 3.91. The first-order valence-electron chi connectivity index (χ1n) is 6.36. The summed E-state index contributed by atoms with van der Waals surface area (Å²) in [5.41, 5.74) is 0. The zero-order valence-electron chi connectivity index (χ0n) is 11.4. The van der Waals surface area contributed by atoms with Crippen LogP contribution in [0.4, 0.5) is 0 Å². The standard InChI is InChI=1S/C12H23N3O2S/c1-4-6-15(8-11(16)14(2)3)12(17)10-9-18-7-5-13-10/h10,13H,4-9H2,1-3H3. The highest BCUT2D eigenvalue weighted by atomic mass is 32.2. The Labute approximate surface area is 113 Å². The Kier molecular flexibility index (Phi) is 6.49. The number of nitrogens with one attached hydrogen (secondary N) is 1. The molecule has 0 bridgehead atoms. The lowest BCUT2D eigenvalue weighted by atomic mass is 10.2. The van der Waals surface area contributed by atoms with Crippen LogP contribution in [0.2, 0.25) is 0 Å². The summed E-state index contributed by atoms with van der Waals surface area (Å²) < 4.78 is 0. The maximum Gasteiger partial charge on any atom is 0.241 e. The zero-order valence-corrected chi connectivity index (χ0v) is 12.3. The van der Waals surface area contributed by atoms with Gasteiger partial charge in [0.05, 0.1) is 12.6 Å². The fraction of sp³-hybridized carbons (Fsp3) is 0.833. The van der Waals surface area contributed by atoms with Crippen LogP contribution in [0.25, 0.3) is 0 Å². The number of likely N-dealkylation sites (N-methyl/N-ethyl adjacent to an activating group) is 1. The number of hydrogen-bond donors (Lipinski definition) is 1. The molecule has 1 unspecified atom stereocenters. The maximum atomic E-state index is 12.3. The highest BCUT2D eigenvalue weighted by Crippen LogP contribution is 2.10. The van der Waals surface area contributed by atoms with E-state index in [-0.39, 0.29) is 24.4 Å². The van der Waals surface area contributed by atoms with Gasteiger partial charge in [-0.15, -0.1) is 0 Å². The third kappa shape index (κ3) is 4.49. The molecule has 1 N–H and O–H groups in total. The van der Waals surface area contributed by atoms with Crippen molar-refractivity contribution in [3.8, 4) is 0 Å². The molecule has 104 valence electrons. The highest BCUT2D eigenvalue weighted by Gasteiger charge is 2.27. The molecule has 1 saturated heterocycles. The molecule has 1 aliphatic rings. The second-order valence-electron chi connectivity index (χ2n) is 4.63. The third-order valence-electron chi connectivity index (χ3n) is 2.85. The molecule has 6 heteroatoms. The van der Waals surface area contributed by atoms with E-state index in [9.17, 15) is 9.59 Å². The van der Waals surface area contributed by atoms with Gasteiger partial charge in [0.2, 0.25) is 11.8 Å². The van der Waals surface area contributed by atoms with Crippen molar-refractivity contribution < 1.29 is 9.59 Å². The molecule has 1 atom stereocenters. The Morgan fingerprint density at radius 2 is 2.11 bits per heavy atom. The number of rotatable bonds is 5. The predicted octanol–water partition coefficient (Wildman–Crippen LogP) is 0.0182. The number of nitrogens with zero attached hydrogens (tertiary/aromatic N) is 2. The molecule has 0 saturated carbocycles. The number of hydrogen-bond acceptors (Lipinski definition) is 4. The van der Waals surface area contributed by atoms with Crippen LogP contribution < -0.4 is 5.32 Å². The Hall–Kier alpha value is -0.750. The largest absolute Gasteiger partial charge is 0.347 e. The van der Waals surface area contributed by atoms with Gasteiger partial charge in [-0.3, -0.25) is 9.59 Å². The summed E-state index contributed by atoms with van der Waals surface area (Å²) >= 11 is 1.79. The van der Waals surface area contributed by atoms with Crippen molar-refractivity contribution in [2.24, 2.45) is 0 Å². The van der Waals surface area contributed by atoms with Crippen LogP contribution in [-0.2, 0) is 9.59 Å². The zero-order chi connectivity index (χ0) is 13.5. The van der Waals surface area contributed by atoms with Gasteiger partial charge in [-0.05, 0) is 6.42 Å². The van der Waals surface area contributed by atoms with Crippen molar-refractivity contribution >= 4 is 23.6 Å². The maximum absolute atomic E-state index is 12.3. The molecule has 0 aromatic heterocycles. The summed E-state index contributed by atoms with van der Waals surface area (Å²) in [6, 6.07) is -0.134. The van der Waals surface area contributed by atoms with E-state index in [1.54, 1.807) is 30.8 Å². The molecule has 1 aliphatic heterocycles. The van der Waals surface area contributed by atoms with E-state index < -0.39 is 0 Å². The molecule has 0 spiro atoms. The van der Waals surface area contributed by atoms with Crippen LogP contribution >= 0.6 is 11.8 Å². The first-order valence-corrected chi connectivity index (χ1v) is 7.51. The van der Waals surface area contributed by atoms with E-state index in [0.717, 1.165) is 24.5 Å². The molecular weight excluding hydrogens is 250 g/mol. The van der Waals surface area contributed by atoms with Crippen LogP contribution in [0.3, 0.4) is 0 Å². The van der Waals surface area contributed by atoms with Gasteiger partial charge in [-0.25, -0.2) is 0 Å². The van der Waals surface area contributed by atoms with E-state index in [1.165, 1.54) is 4.90 Å². The average molecular weight is 273 g/mol. The van der Waals surface area contributed by atoms with E-state index in [4.69, 9.17) is 0 Å². The highest BCUT2D eigenvalue weighted by molar-refractivity contribution is 7.99. The second kappa shape index (κ2) is 7.63. The van der Waals surface area contributed by atoms with E-state index >= 15 is 0 Å². The molecule has 1 heterocycles. The van der Waals surface area contributed by atoms with Crippen LogP contribution in [0.15, 0.2) is 0 Å². The molecule has 0 radical (unpaired) electrons. The monoisotopic (exact) mass is 273 g/mol. The molecule has 18 heavy (non-hydrogen) atoms. The van der Waals surface area contributed by atoms with Crippen molar-refractivity contribution in [3.05, 3.63) is 0 Å². The Balaban J connectivity index is 2.58. The minimum Gasteiger partial charge on any atom is -0.347 e. The molecule has 2 amide bonds. The summed E-state index contributed by atoms with van der Waals surface area (Å²) in [5.74, 6) is 1.88. The van der Waals surface area contributed by atoms with Crippen LogP contribution in [-0.4, -0.2) is 72.9 Å². The normalized spacial score (nSPS) is 19.4. The quantitative estimate of drug-likeness (QED) is 0.767. The first kappa shape index (κ1) is 15.3. The number of amides is 2. The van der Waals surface area contributed by atoms with Gasteiger partial charge in [0.25, 0.3) is 0 Å². The van der Waals surface area contributed by atoms with Gasteiger partial charge < -0.3 is 15.1 Å². The molecule has 0 aliphatic carbocycles. The number of carbonyl (C=O) groups is 2. The lowest BCUT2D eigenvalue weighted by Crippen LogP contribution is -2.52. The molecule has 5 nitrogen and oxygen atoms in total. The van der Waals surface area contributed by atoms with Gasteiger partial charge >= 0.3 is 0 Å². The van der Waals surface area contributed by atoms with Gasteiger partial charge in [0, 0.05) is 38.7 Å². The van der Waals surface area contributed by atoms with Crippen molar-refractivity contribution in [2.45, 2.75) is 19.4 Å². The summed E-state index contributed by atoms with van der Waals surface area (Å²) in [4.78, 5) is 27.2. The van der Waals surface area contributed by atoms with E-state index in [2.05, 4.69) is 5.32 Å². The molecule has 1 rings (SSSR count). The first-order chi connectivity index (χ1) is 8.56.